The van der Waals surface area contributed by atoms with Gasteiger partial charge in [0.05, 0.1) is 6.54 Å². The molecule has 0 aliphatic carbocycles. The van der Waals surface area contributed by atoms with Gasteiger partial charge < -0.3 is 9.88 Å². The van der Waals surface area contributed by atoms with Crippen LogP contribution in [0.25, 0.3) is 0 Å². The number of halogens is 1. The number of nitrogens with zero attached hydrogens (tertiary/aromatic N) is 2. The molecule has 0 spiro atoms. The van der Waals surface area contributed by atoms with Crippen LogP contribution in [0.3, 0.4) is 0 Å². The number of hydrogen-bond donors (Lipinski definition) is 1. The maximum atomic E-state index is 13.9. The molecule has 1 aromatic heterocycles. The highest BCUT2D eigenvalue weighted by molar-refractivity contribution is 7.07. The topological polar surface area (TPSA) is 63.5 Å². The molecule has 1 N–H and O–H groups in total. The number of amides is 2. The molecule has 0 aliphatic rings. The number of benzene rings is 2. The molecule has 0 saturated carbocycles. The first kappa shape index (κ1) is 19.7. The molecule has 5 nitrogen and oxygen atoms in total. The van der Waals surface area contributed by atoms with Crippen molar-refractivity contribution < 1.29 is 14.0 Å². The molecule has 2 aromatic carbocycles. The van der Waals surface area contributed by atoms with Gasteiger partial charge in [0.15, 0.2) is 4.80 Å². The molecule has 0 saturated heterocycles. The molecular weight excluding hydrogens is 377 g/mol. The first-order valence-electron chi connectivity index (χ1n) is 8.84. The molecule has 1 heterocycles. The van der Waals surface area contributed by atoms with E-state index in [-0.39, 0.29) is 30.1 Å². The molecule has 1 atom stereocenters. The molecule has 2 amide bonds. The molecule has 28 heavy (non-hydrogen) atoms. The Kier molecular flexibility index (Phi) is 6.49. The van der Waals surface area contributed by atoms with Gasteiger partial charge in [-0.3, -0.25) is 9.59 Å². The zero-order valence-corrected chi connectivity index (χ0v) is 16.2. The highest BCUT2D eigenvalue weighted by Crippen LogP contribution is 2.08. The van der Waals surface area contributed by atoms with Gasteiger partial charge in [0, 0.05) is 35.2 Å². The first-order valence-corrected chi connectivity index (χ1v) is 9.71. The van der Waals surface area contributed by atoms with Crippen molar-refractivity contribution in [1.29, 1.82) is 0 Å². The summed E-state index contributed by atoms with van der Waals surface area (Å²) >= 11 is 1.31. The lowest BCUT2D eigenvalue weighted by molar-refractivity contribution is -0.118. The van der Waals surface area contributed by atoms with Gasteiger partial charge in [-0.25, -0.2) is 4.39 Å². The van der Waals surface area contributed by atoms with E-state index >= 15 is 0 Å². The van der Waals surface area contributed by atoms with E-state index in [0.717, 1.165) is 0 Å². The summed E-state index contributed by atoms with van der Waals surface area (Å²) in [6.07, 6.45) is 1.85. The fraction of sp³-hybridized carbons (Fsp3) is 0.190. The van der Waals surface area contributed by atoms with E-state index in [9.17, 15) is 14.0 Å². The number of carbonyl (C=O) groups is 2. The predicted molar refractivity (Wildman–Crippen MR) is 106 cm³/mol. The lowest BCUT2D eigenvalue weighted by atomic mass is 10.2. The first-order chi connectivity index (χ1) is 13.5. The van der Waals surface area contributed by atoms with E-state index in [1.807, 2.05) is 6.07 Å². The maximum absolute atomic E-state index is 13.9. The number of carbonyl (C=O) groups excluding carboxylic acids is 2. The quantitative estimate of drug-likeness (QED) is 0.693. The summed E-state index contributed by atoms with van der Waals surface area (Å²) in [5, 5.41) is 4.60. The van der Waals surface area contributed by atoms with Gasteiger partial charge in [-0.2, -0.15) is 4.99 Å². The summed E-state index contributed by atoms with van der Waals surface area (Å²) in [5.41, 5.74) is 1.07. The van der Waals surface area contributed by atoms with Gasteiger partial charge in [-0.1, -0.05) is 36.4 Å². The van der Waals surface area contributed by atoms with E-state index in [1.165, 1.54) is 17.4 Å². The molecule has 0 bridgehead atoms. The summed E-state index contributed by atoms with van der Waals surface area (Å²) in [4.78, 5) is 29.1. The number of thiazole rings is 1. The Labute approximate surface area is 166 Å². The van der Waals surface area contributed by atoms with Crippen molar-refractivity contribution in [2.45, 2.75) is 25.9 Å². The molecule has 3 aromatic rings. The highest BCUT2D eigenvalue weighted by atomic mass is 32.1. The maximum Gasteiger partial charge on any atom is 0.251 e. The number of rotatable bonds is 6. The Hall–Kier alpha value is -3.06. The summed E-state index contributed by atoms with van der Waals surface area (Å²) in [7, 11) is 0. The lowest BCUT2D eigenvalue weighted by Crippen LogP contribution is -2.34. The van der Waals surface area contributed by atoms with E-state index in [0.29, 0.717) is 22.5 Å². The van der Waals surface area contributed by atoms with Crippen molar-refractivity contribution in [3.8, 4) is 0 Å². The summed E-state index contributed by atoms with van der Waals surface area (Å²) in [6, 6.07) is 15.0. The number of hydrogen-bond acceptors (Lipinski definition) is 3. The monoisotopic (exact) mass is 397 g/mol. The third-order valence-electron chi connectivity index (χ3n) is 4.07. The SMILES string of the molecule is CC(CC(=O)N=c1sccn1Cc1ccccc1F)NC(=O)c1ccccc1. The minimum absolute atomic E-state index is 0.0795. The van der Waals surface area contributed by atoms with Crippen LogP contribution >= 0.6 is 11.3 Å². The fourth-order valence-electron chi connectivity index (χ4n) is 2.68. The molecule has 144 valence electrons. The van der Waals surface area contributed by atoms with E-state index in [1.54, 1.807) is 65.5 Å². The smallest absolute Gasteiger partial charge is 0.251 e. The van der Waals surface area contributed by atoms with Crippen LogP contribution in [-0.4, -0.2) is 22.4 Å². The Morgan fingerprint density at radius 1 is 1.14 bits per heavy atom. The molecule has 0 fully saturated rings. The summed E-state index contributed by atoms with van der Waals surface area (Å²) in [5.74, 6) is -0.868. The van der Waals surface area contributed by atoms with Gasteiger partial charge in [0.2, 0.25) is 5.91 Å². The molecule has 1 unspecified atom stereocenters. The van der Waals surface area contributed by atoms with Crippen molar-refractivity contribution in [3.63, 3.8) is 0 Å². The molecule has 0 radical (unpaired) electrons. The minimum Gasteiger partial charge on any atom is -0.349 e. The second-order valence-corrected chi connectivity index (χ2v) is 7.23. The second-order valence-electron chi connectivity index (χ2n) is 6.36. The van der Waals surface area contributed by atoms with Crippen LogP contribution in [0.15, 0.2) is 71.2 Å². The fourth-order valence-corrected chi connectivity index (χ4v) is 3.42. The van der Waals surface area contributed by atoms with Crippen LogP contribution < -0.4 is 10.1 Å². The van der Waals surface area contributed by atoms with Gasteiger partial charge >= 0.3 is 0 Å². The highest BCUT2D eigenvalue weighted by Gasteiger charge is 2.13. The Bertz CT molecular complexity index is 1030. The second kappa shape index (κ2) is 9.23. The Morgan fingerprint density at radius 3 is 2.61 bits per heavy atom. The van der Waals surface area contributed by atoms with Crippen molar-refractivity contribution in [2.24, 2.45) is 4.99 Å². The summed E-state index contributed by atoms with van der Waals surface area (Å²) < 4.78 is 15.6. The zero-order valence-electron chi connectivity index (χ0n) is 15.3. The normalized spacial score (nSPS) is 12.6. The lowest BCUT2D eigenvalue weighted by Gasteiger charge is -2.11. The van der Waals surface area contributed by atoms with Crippen molar-refractivity contribution in [1.82, 2.24) is 9.88 Å². The van der Waals surface area contributed by atoms with Gasteiger partial charge in [0.25, 0.3) is 5.91 Å². The zero-order chi connectivity index (χ0) is 19.9. The third-order valence-corrected chi connectivity index (χ3v) is 4.87. The molecule has 3 rings (SSSR count). The van der Waals surface area contributed by atoms with Crippen molar-refractivity contribution in [3.05, 3.63) is 87.9 Å². The van der Waals surface area contributed by atoms with Gasteiger partial charge in [-0.05, 0) is 25.1 Å². The molecule has 0 aliphatic heterocycles. The number of aromatic nitrogens is 1. The molecule has 7 heteroatoms. The predicted octanol–water partition coefficient (Wildman–Crippen LogP) is 3.37. The van der Waals surface area contributed by atoms with Gasteiger partial charge in [0.1, 0.15) is 5.82 Å². The van der Waals surface area contributed by atoms with Crippen LogP contribution in [-0.2, 0) is 11.3 Å². The van der Waals surface area contributed by atoms with Crippen LogP contribution in [0.2, 0.25) is 0 Å². The molecular formula is C21H20FN3O2S. The number of nitrogens with one attached hydrogen (secondary N) is 1. The largest absolute Gasteiger partial charge is 0.349 e. The third kappa shape index (κ3) is 5.23. The van der Waals surface area contributed by atoms with Gasteiger partial charge in [-0.15, -0.1) is 11.3 Å². The van der Waals surface area contributed by atoms with E-state index in [4.69, 9.17) is 0 Å². The summed E-state index contributed by atoms with van der Waals surface area (Å²) in [6.45, 7) is 2.05. The van der Waals surface area contributed by atoms with Crippen LogP contribution in [0.1, 0.15) is 29.3 Å². The van der Waals surface area contributed by atoms with Crippen molar-refractivity contribution in [2.75, 3.05) is 0 Å². The average Bonchev–Trinajstić information content (AvgIpc) is 3.10. The Balaban J connectivity index is 1.64. The minimum atomic E-state index is -0.357. The standard InChI is InChI=1S/C21H20FN3O2S/c1-15(23-20(27)16-7-3-2-4-8-16)13-19(26)24-21-25(11-12-28-21)14-17-9-5-6-10-18(17)22/h2-12,15H,13-14H2,1H3,(H,23,27). The van der Waals surface area contributed by atoms with Crippen LogP contribution in [0.5, 0.6) is 0 Å². The van der Waals surface area contributed by atoms with Crippen LogP contribution in [0, 0.1) is 5.82 Å². The Morgan fingerprint density at radius 2 is 1.86 bits per heavy atom. The van der Waals surface area contributed by atoms with Crippen molar-refractivity contribution >= 4 is 23.2 Å². The van der Waals surface area contributed by atoms with E-state index < -0.39 is 0 Å². The van der Waals surface area contributed by atoms with Crippen LogP contribution in [0.4, 0.5) is 4.39 Å². The van der Waals surface area contributed by atoms with E-state index in [2.05, 4.69) is 10.3 Å². The average molecular weight is 397 g/mol.